The van der Waals surface area contributed by atoms with E-state index >= 15 is 0 Å². The molecule has 4 nitrogen and oxygen atoms in total. The summed E-state index contributed by atoms with van der Waals surface area (Å²) in [6.07, 6.45) is 0.576. The Balaban J connectivity index is 2.13. The van der Waals surface area contributed by atoms with Crippen LogP contribution in [0.3, 0.4) is 0 Å². The highest BCUT2D eigenvalue weighted by molar-refractivity contribution is 6.34. The first-order valence-corrected chi connectivity index (χ1v) is 6.47. The zero-order valence-electron chi connectivity index (χ0n) is 10.6. The molecule has 0 aliphatic carbocycles. The number of aliphatic hydroxyl groups is 1. The van der Waals surface area contributed by atoms with Gasteiger partial charge in [-0.05, 0) is 42.3 Å². The van der Waals surface area contributed by atoms with Crippen molar-refractivity contribution in [1.29, 1.82) is 0 Å². The number of hydrogen-bond acceptors (Lipinski definition) is 3. The summed E-state index contributed by atoms with van der Waals surface area (Å²) in [4.78, 5) is 12.1. The Morgan fingerprint density at radius 3 is 2.50 bits per heavy atom. The van der Waals surface area contributed by atoms with E-state index in [9.17, 15) is 9.90 Å². The second-order valence-corrected chi connectivity index (χ2v) is 4.70. The number of amides is 1. The third-order valence-corrected chi connectivity index (χ3v) is 3.14. The Morgan fingerprint density at radius 1 is 1.15 bits per heavy atom. The highest BCUT2D eigenvalue weighted by atomic mass is 35.5. The van der Waals surface area contributed by atoms with Crippen molar-refractivity contribution in [2.24, 2.45) is 0 Å². The molecule has 0 atom stereocenters. The molecule has 0 saturated heterocycles. The minimum atomic E-state index is -0.388. The van der Waals surface area contributed by atoms with Crippen LogP contribution in [0, 0.1) is 0 Å². The van der Waals surface area contributed by atoms with Gasteiger partial charge in [0.15, 0.2) is 0 Å². The van der Waals surface area contributed by atoms with Gasteiger partial charge in [-0.15, -0.1) is 0 Å². The largest absolute Gasteiger partial charge is 0.508 e. The first kappa shape index (κ1) is 14.4. The van der Waals surface area contributed by atoms with Gasteiger partial charge < -0.3 is 15.5 Å². The molecular weight excluding hydrogens is 278 g/mol. The Bertz CT molecular complexity index is 611. The van der Waals surface area contributed by atoms with Crippen molar-refractivity contribution in [2.75, 3.05) is 11.9 Å². The van der Waals surface area contributed by atoms with Crippen molar-refractivity contribution in [3.8, 4) is 5.75 Å². The summed E-state index contributed by atoms with van der Waals surface area (Å²) in [7, 11) is 0. The van der Waals surface area contributed by atoms with Gasteiger partial charge in [-0.1, -0.05) is 23.7 Å². The van der Waals surface area contributed by atoms with Gasteiger partial charge in [0.05, 0.1) is 10.6 Å². The number of nitrogens with one attached hydrogen (secondary N) is 1. The number of halogens is 1. The van der Waals surface area contributed by atoms with Crippen LogP contribution in [-0.2, 0) is 6.42 Å². The lowest BCUT2D eigenvalue weighted by Gasteiger charge is -2.08. The van der Waals surface area contributed by atoms with Gasteiger partial charge in [-0.2, -0.15) is 0 Å². The third-order valence-electron chi connectivity index (χ3n) is 2.81. The lowest BCUT2D eigenvalue weighted by Crippen LogP contribution is -2.12. The van der Waals surface area contributed by atoms with Crippen molar-refractivity contribution in [1.82, 2.24) is 0 Å². The molecule has 0 aromatic heterocycles. The number of benzene rings is 2. The Labute approximate surface area is 121 Å². The highest BCUT2D eigenvalue weighted by Crippen LogP contribution is 2.22. The second-order valence-electron chi connectivity index (χ2n) is 4.29. The van der Waals surface area contributed by atoms with E-state index in [1.165, 1.54) is 18.2 Å². The first-order valence-electron chi connectivity index (χ1n) is 6.10. The fourth-order valence-electron chi connectivity index (χ4n) is 1.77. The SMILES string of the molecule is O=C(Nc1ccc(CCO)cc1)c1cc(O)ccc1Cl. The minimum Gasteiger partial charge on any atom is -0.508 e. The molecule has 0 radical (unpaired) electrons. The van der Waals surface area contributed by atoms with E-state index in [-0.39, 0.29) is 28.8 Å². The van der Waals surface area contributed by atoms with Gasteiger partial charge in [-0.25, -0.2) is 0 Å². The number of carbonyl (C=O) groups excluding carboxylic acids is 1. The van der Waals surface area contributed by atoms with Gasteiger partial charge in [0.1, 0.15) is 5.75 Å². The molecule has 2 aromatic rings. The maximum atomic E-state index is 12.1. The number of rotatable bonds is 4. The predicted molar refractivity (Wildman–Crippen MR) is 78.3 cm³/mol. The van der Waals surface area contributed by atoms with Gasteiger partial charge in [0, 0.05) is 12.3 Å². The van der Waals surface area contributed by atoms with Crippen LogP contribution >= 0.6 is 11.6 Å². The monoisotopic (exact) mass is 291 g/mol. The number of hydrogen-bond donors (Lipinski definition) is 3. The molecule has 2 aromatic carbocycles. The fourth-order valence-corrected chi connectivity index (χ4v) is 1.97. The Hall–Kier alpha value is -2.04. The van der Waals surface area contributed by atoms with E-state index in [0.717, 1.165) is 5.56 Å². The van der Waals surface area contributed by atoms with E-state index < -0.39 is 0 Å². The molecule has 104 valence electrons. The number of anilines is 1. The number of aliphatic hydroxyl groups excluding tert-OH is 1. The van der Waals surface area contributed by atoms with Crippen LogP contribution in [0.25, 0.3) is 0 Å². The molecule has 0 saturated carbocycles. The maximum absolute atomic E-state index is 12.1. The maximum Gasteiger partial charge on any atom is 0.257 e. The lowest BCUT2D eigenvalue weighted by atomic mass is 10.1. The minimum absolute atomic E-state index is 0.0159. The zero-order chi connectivity index (χ0) is 14.5. The van der Waals surface area contributed by atoms with E-state index in [4.69, 9.17) is 16.7 Å². The molecule has 0 fully saturated rings. The average molecular weight is 292 g/mol. The molecule has 0 aliphatic rings. The Kier molecular flexibility index (Phi) is 4.61. The third kappa shape index (κ3) is 3.50. The van der Waals surface area contributed by atoms with E-state index in [0.29, 0.717) is 12.1 Å². The van der Waals surface area contributed by atoms with Crippen LogP contribution in [0.4, 0.5) is 5.69 Å². The second kappa shape index (κ2) is 6.41. The quantitative estimate of drug-likeness (QED) is 0.811. The van der Waals surface area contributed by atoms with Crippen LogP contribution in [0.5, 0.6) is 5.75 Å². The highest BCUT2D eigenvalue weighted by Gasteiger charge is 2.11. The summed E-state index contributed by atoms with van der Waals surface area (Å²) >= 11 is 5.92. The fraction of sp³-hybridized carbons (Fsp3) is 0.133. The van der Waals surface area contributed by atoms with Crippen LogP contribution in [0.15, 0.2) is 42.5 Å². The molecular formula is C15H14ClNO3. The van der Waals surface area contributed by atoms with Gasteiger partial charge in [0.2, 0.25) is 0 Å². The normalized spacial score (nSPS) is 10.3. The molecule has 5 heteroatoms. The molecule has 0 aliphatic heterocycles. The van der Waals surface area contributed by atoms with E-state index in [2.05, 4.69) is 5.32 Å². The van der Waals surface area contributed by atoms with Crippen LogP contribution in [-0.4, -0.2) is 22.7 Å². The lowest BCUT2D eigenvalue weighted by molar-refractivity contribution is 0.102. The summed E-state index contributed by atoms with van der Waals surface area (Å²) in [6, 6.07) is 11.4. The van der Waals surface area contributed by atoms with Crippen molar-refractivity contribution in [3.05, 3.63) is 58.6 Å². The molecule has 2 rings (SSSR count). The smallest absolute Gasteiger partial charge is 0.257 e. The van der Waals surface area contributed by atoms with Crippen LogP contribution in [0.1, 0.15) is 15.9 Å². The van der Waals surface area contributed by atoms with Gasteiger partial charge in [-0.3, -0.25) is 4.79 Å². The standard InChI is InChI=1S/C15H14ClNO3/c16-14-6-5-12(19)9-13(14)15(20)17-11-3-1-10(2-4-11)7-8-18/h1-6,9,18-19H,7-8H2,(H,17,20). The zero-order valence-corrected chi connectivity index (χ0v) is 11.4. The summed E-state index contributed by atoms with van der Waals surface area (Å²) in [6.45, 7) is 0.0879. The summed E-state index contributed by atoms with van der Waals surface area (Å²) in [5, 5.41) is 21.2. The number of phenols is 1. The van der Waals surface area contributed by atoms with Crippen LogP contribution in [0.2, 0.25) is 5.02 Å². The van der Waals surface area contributed by atoms with Gasteiger partial charge in [0.25, 0.3) is 5.91 Å². The molecule has 0 spiro atoms. The van der Waals surface area contributed by atoms with Crippen molar-refractivity contribution >= 4 is 23.2 Å². The van der Waals surface area contributed by atoms with Gasteiger partial charge >= 0.3 is 0 Å². The molecule has 20 heavy (non-hydrogen) atoms. The summed E-state index contributed by atoms with van der Waals surface area (Å²) < 4.78 is 0. The molecule has 1 amide bonds. The number of phenolic OH excluding ortho intramolecular Hbond substituents is 1. The molecule has 0 bridgehead atoms. The number of carbonyl (C=O) groups is 1. The Morgan fingerprint density at radius 2 is 1.85 bits per heavy atom. The predicted octanol–water partition coefficient (Wildman–Crippen LogP) is 2.83. The topological polar surface area (TPSA) is 69.6 Å². The molecule has 3 N–H and O–H groups in total. The molecule has 0 unspecified atom stereocenters. The average Bonchev–Trinajstić information content (AvgIpc) is 2.44. The van der Waals surface area contributed by atoms with Crippen molar-refractivity contribution in [3.63, 3.8) is 0 Å². The summed E-state index contributed by atoms with van der Waals surface area (Å²) in [5.41, 5.74) is 1.82. The first-order chi connectivity index (χ1) is 9.60. The van der Waals surface area contributed by atoms with Crippen LogP contribution < -0.4 is 5.32 Å². The van der Waals surface area contributed by atoms with E-state index in [1.54, 1.807) is 12.1 Å². The molecule has 0 heterocycles. The number of aromatic hydroxyl groups is 1. The van der Waals surface area contributed by atoms with Crippen molar-refractivity contribution < 1.29 is 15.0 Å². The van der Waals surface area contributed by atoms with Crippen molar-refractivity contribution in [2.45, 2.75) is 6.42 Å². The van der Waals surface area contributed by atoms with E-state index in [1.807, 2.05) is 12.1 Å². The summed E-state index contributed by atoms with van der Waals surface area (Å²) in [5.74, 6) is -0.404.